The summed E-state index contributed by atoms with van der Waals surface area (Å²) >= 11 is 0. The SMILES string of the molecule is CCC(CC(C)Cc1cccc2nncn12)C(C)/C=C(\C=N/C)c1cccc(C)c1OC. The van der Waals surface area contributed by atoms with E-state index in [0.717, 1.165) is 47.4 Å². The van der Waals surface area contributed by atoms with Gasteiger partial charge in [0, 0.05) is 24.5 Å². The van der Waals surface area contributed by atoms with Crippen LogP contribution in [0.15, 0.2) is 53.8 Å². The summed E-state index contributed by atoms with van der Waals surface area (Å²) in [6.07, 6.45) is 9.44. The summed E-state index contributed by atoms with van der Waals surface area (Å²) in [4.78, 5) is 4.33. The lowest BCUT2D eigenvalue weighted by Crippen LogP contribution is -2.16. The van der Waals surface area contributed by atoms with Gasteiger partial charge in [0.2, 0.25) is 0 Å². The van der Waals surface area contributed by atoms with Crippen molar-refractivity contribution in [3.8, 4) is 5.75 Å². The Morgan fingerprint density at radius 2 is 1.97 bits per heavy atom. The number of hydrogen-bond acceptors (Lipinski definition) is 4. The van der Waals surface area contributed by atoms with Gasteiger partial charge in [-0.2, -0.15) is 0 Å². The highest BCUT2D eigenvalue weighted by molar-refractivity contribution is 6.11. The van der Waals surface area contributed by atoms with Crippen molar-refractivity contribution in [1.29, 1.82) is 0 Å². The number of benzene rings is 1. The second kappa shape index (κ2) is 11.1. The molecule has 2 heterocycles. The van der Waals surface area contributed by atoms with E-state index in [-0.39, 0.29) is 0 Å². The predicted molar refractivity (Wildman–Crippen MR) is 134 cm³/mol. The monoisotopic (exact) mass is 432 g/mol. The number of pyridine rings is 1. The largest absolute Gasteiger partial charge is 0.496 e. The van der Waals surface area contributed by atoms with E-state index in [9.17, 15) is 0 Å². The topological polar surface area (TPSA) is 51.8 Å². The number of allylic oxidation sites excluding steroid dienone is 2. The maximum atomic E-state index is 5.72. The van der Waals surface area contributed by atoms with E-state index in [0.29, 0.717) is 17.8 Å². The third-order valence-electron chi connectivity index (χ3n) is 6.39. The Morgan fingerprint density at radius 1 is 1.19 bits per heavy atom. The van der Waals surface area contributed by atoms with E-state index in [1.165, 1.54) is 5.69 Å². The van der Waals surface area contributed by atoms with Gasteiger partial charge in [-0.1, -0.05) is 57.5 Å². The Hall–Kier alpha value is -2.95. The number of para-hydroxylation sites is 1. The molecular formula is C27H36N4O. The van der Waals surface area contributed by atoms with Crippen molar-refractivity contribution < 1.29 is 4.74 Å². The molecule has 170 valence electrons. The van der Waals surface area contributed by atoms with Gasteiger partial charge in [-0.25, -0.2) is 0 Å². The zero-order valence-electron chi connectivity index (χ0n) is 20.2. The molecule has 0 spiro atoms. The van der Waals surface area contributed by atoms with Gasteiger partial charge in [0.15, 0.2) is 5.65 Å². The zero-order valence-corrected chi connectivity index (χ0v) is 20.2. The predicted octanol–water partition coefficient (Wildman–Crippen LogP) is 6.06. The summed E-state index contributed by atoms with van der Waals surface area (Å²) in [6.45, 7) is 9.05. The Morgan fingerprint density at radius 3 is 2.69 bits per heavy atom. The van der Waals surface area contributed by atoms with Crippen LogP contribution in [0.3, 0.4) is 0 Å². The van der Waals surface area contributed by atoms with E-state index in [1.807, 2.05) is 25.7 Å². The molecule has 5 heteroatoms. The lowest BCUT2D eigenvalue weighted by atomic mass is 9.81. The van der Waals surface area contributed by atoms with Crippen molar-refractivity contribution >= 4 is 17.4 Å². The number of aliphatic imine (C=N–C) groups is 1. The molecule has 0 bridgehead atoms. The fourth-order valence-electron chi connectivity index (χ4n) is 4.69. The molecule has 1 aromatic carbocycles. The second-order valence-corrected chi connectivity index (χ2v) is 8.81. The Labute approximate surface area is 192 Å². The van der Waals surface area contributed by atoms with Crippen LogP contribution < -0.4 is 4.74 Å². The van der Waals surface area contributed by atoms with Crippen LogP contribution in [0.4, 0.5) is 0 Å². The fraction of sp³-hybridized carbons (Fsp3) is 0.444. The molecule has 0 amide bonds. The van der Waals surface area contributed by atoms with Gasteiger partial charge in [0.1, 0.15) is 12.1 Å². The molecule has 32 heavy (non-hydrogen) atoms. The van der Waals surface area contributed by atoms with E-state index >= 15 is 0 Å². The van der Waals surface area contributed by atoms with Crippen molar-refractivity contribution in [3.63, 3.8) is 0 Å². The molecule has 0 aliphatic heterocycles. The normalized spacial score (nSPS) is 15.2. The first-order valence-electron chi connectivity index (χ1n) is 11.5. The molecule has 3 aromatic rings. The summed E-state index contributed by atoms with van der Waals surface area (Å²) < 4.78 is 7.81. The van der Waals surface area contributed by atoms with Crippen LogP contribution in [0, 0.1) is 24.7 Å². The smallest absolute Gasteiger partial charge is 0.160 e. The van der Waals surface area contributed by atoms with Gasteiger partial charge in [-0.15, -0.1) is 10.2 Å². The van der Waals surface area contributed by atoms with Gasteiger partial charge in [0.05, 0.1) is 7.11 Å². The van der Waals surface area contributed by atoms with Crippen LogP contribution in [0.1, 0.15) is 50.4 Å². The first-order valence-corrected chi connectivity index (χ1v) is 11.5. The van der Waals surface area contributed by atoms with Crippen LogP contribution in [0.25, 0.3) is 11.2 Å². The van der Waals surface area contributed by atoms with Crippen LogP contribution >= 0.6 is 0 Å². The van der Waals surface area contributed by atoms with E-state index in [2.05, 4.69) is 83.7 Å². The van der Waals surface area contributed by atoms with E-state index < -0.39 is 0 Å². The molecule has 0 fully saturated rings. The molecule has 0 aliphatic rings. The number of fused-ring (bicyclic) bond motifs is 1. The third kappa shape index (κ3) is 5.45. The Kier molecular flexibility index (Phi) is 8.20. The average molecular weight is 433 g/mol. The minimum atomic E-state index is 0.423. The molecule has 0 aliphatic carbocycles. The van der Waals surface area contributed by atoms with E-state index in [4.69, 9.17) is 4.74 Å². The lowest BCUT2D eigenvalue weighted by Gasteiger charge is -2.25. The minimum Gasteiger partial charge on any atom is -0.496 e. The number of aryl methyl sites for hydroxylation is 1. The first kappa shape index (κ1) is 23.7. The highest BCUT2D eigenvalue weighted by Crippen LogP contribution is 2.33. The van der Waals surface area contributed by atoms with Crippen molar-refractivity contribution in [3.05, 3.63) is 65.6 Å². The van der Waals surface area contributed by atoms with Crippen molar-refractivity contribution in [2.75, 3.05) is 14.2 Å². The van der Waals surface area contributed by atoms with Crippen LogP contribution in [0.5, 0.6) is 5.75 Å². The summed E-state index contributed by atoms with van der Waals surface area (Å²) in [6, 6.07) is 12.5. The van der Waals surface area contributed by atoms with Crippen LogP contribution in [-0.2, 0) is 6.42 Å². The quantitative estimate of drug-likeness (QED) is 0.366. The highest BCUT2D eigenvalue weighted by Gasteiger charge is 2.20. The van der Waals surface area contributed by atoms with Crippen molar-refractivity contribution in [2.24, 2.45) is 22.7 Å². The number of hydrogen-bond donors (Lipinski definition) is 0. The molecular weight excluding hydrogens is 396 g/mol. The van der Waals surface area contributed by atoms with Crippen molar-refractivity contribution in [1.82, 2.24) is 14.6 Å². The maximum Gasteiger partial charge on any atom is 0.160 e. The maximum absolute atomic E-state index is 5.72. The molecule has 0 radical (unpaired) electrons. The van der Waals surface area contributed by atoms with Gasteiger partial charge in [-0.3, -0.25) is 9.39 Å². The summed E-state index contributed by atoms with van der Waals surface area (Å²) in [5, 5.41) is 8.23. The molecule has 3 rings (SSSR count). The minimum absolute atomic E-state index is 0.423. The Bertz CT molecular complexity index is 1080. The molecule has 3 unspecified atom stereocenters. The van der Waals surface area contributed by atoms with Gasteiger partial charge in [-0.05, 0) is 60.8 Å². The summed E-state index contributed by atoms with van der Waals surface area (Å²) in [5.74, 6) is 2.49. The number of nitrogens with zero attached hydrogens (tertiary/aromatic N) is 4. The first-order chi connectivity index (χ1) is 15.5. The molecule has 0 N–H and O–H groups in total. The number of methoxy groups -OCH3 is 1. The Balaban J connectivity index is 1.79. The summed E-state index contributed by atoms with van der Waals surface area (Å²) in [7, 11) is 3.56. The third-order valence-corrected chi connectivity index (χ3v) is 6.39. The summed E-state index contributed by atoms with van der Waals surface area (Å²) in [5.41, 5.74) is 5.54. The fourth-order valence-corrected chi connectivity index (χ4v) is 4.69. The molecule has 3 atom stereocenters. The van der Waals surface area contributed by atoms with Gasteiger partial charge < -0.3 is 4.74 Å². The standard InChI is InChI=1S/C27H36N4O/c1-7-22(14-19(2)15-24-11-9-13-26-30-29-18-31(24)26)21(4)16-23(17-28-5)25-12-8-10-20(3)27(25)32-6/h8-13,16-19,21-22H,7,14-15H2,1-6H3/b23-16+,28-17-. The number of rotatable bonds is 10. The number of aromatic nitrogens is 3. The molecule has 0 saturated heterocycles. The average Bonchev–Trinajstić information content (AvgIpc) is 3.27. The van der Waals surface area contributed by atoms with Crippen LogP contribution in [0.2, 0.25) is 0 Å². The number of ether oxygens (including phenoxy) is 1. The molecule has 0 saturated carbocycles. The van der Waals surface area contributed by atoms with Gasteiger partial charge >= 0.3 is 0 Å². The van der Waals surface area contributed by atoms with Gasteiger partial charge in [0.25, 0.3) is 0 Å². The zero-order chi connectivity index (χ0) is 23.1. The lowest BCUT2D eigenvalue weighted by molar-refractivity contribution is 0.318. The molecule has 5 nitrogen and oxygen atoms in total. The molecule has 2 aromatic heterocycles. The van der Waals surface area contributed by atoms with Crippen molar-refractivity contribution in [2.45, 2.75) is 47.0 Å². The second-order valence-electron chi connectivity index (χ2n) is 8.81. The van der Waals surface area contributed by atoms with Crippen LogP contribution in [-0.4, -0.2) is 35.0 Å². The highest BCUT2D eigenvalue weighted by atomic mass is 16.5. The van der Waals surface area contributed by atoms with E-state index in [1.54, 1.807) is 7.11 Å².